The van der Waals surface area contributed by atoms with Crippen molar-refractivity contribution in [1.82, 2.24) is 9.97 Å². The number of para-hydroxylation sites is 1. The lowest BCUT2D eigenvalue weighted by Crippen LogP contribution is -2.22. The Bertz CT molecular complexity index is 1040. The Labute approximate surface area is 174 Å². The van der Waals surface area contributed by atoms with Crippen LogP contribution in [0.15, 0.2) is 42.6 Å². The van der Waals surface area contributed by atoms with Gasteiger partial charge in [0.1, 0.15) is 5.82 Å². The van der Waals surface area contributed by atoms with Gasteiger partial charge in [0.05, 0.1) is 16.1 Å². The molecule has 1 N–H and O–H groups in total. The number of aryl methyl sites for hydroxylation is 1. The molecule has 150 valence electrons. The van der Waals surface area contributed by atoms with Crippen molar-refractivity contribution in [3.05, 3.63) is 64.4 Å². The number of carbonyl (C=O) groups excluding carboxylic acids is 2. The molecule has 0 spiro atoms. The number of fused-ring (bicyclic) bond motifs is 1. The normalized spacial score (nSPS) is 10.7. The van der Waals surface area contributed by atoms with Gasteiger partial charge in [0.25, 0.3) is 5.91 Å². The van der Waals surface area contributed by atoms with E-state index in [9.17, 15) is 9.59 Å². The molecule has 0 saturated heterocycles. The SMILES string of the molecule is CCCc1nc2ccccc2c(C(=O)OCC(=O)Nc2ccc(Cl)cn2)c1CC. The van der Waals surface area contributed by atoms with Gasteiger partial charge < -0.3 is 10.1 Å². The summed E-state index contributed by atoms with van der Waals surface area (Å²) >= 11 is 5.78. The summed E-state index contributed by atoms with van der Waals surface area (Å²) in [6, 6.07) is 10.7. The van der Waals surface area contributed by atoms with Gasteiger partial charge in [-0.05, 0) is 36.6 Å². The molecule has 0 aliphatic rings. The van der Waals surface area contributed by atoms with Crippen LogP contribution in [-0.2, 0) is 22.4 Å². The van der Waals surface area contributed by atoms with Crippen LogP contribution in [0.1, 0.15) is 41.9 Å². The third-order valence-electron chi connectivity index (χ3n) is 4.45. The molecule has 29 heavy (non-hydrogen) atoms. The molecule has 1 amide bonds. The summed E-state index contributed by atoms with van der Waals surface area (Å²) < 4.78 is 5.34. The molecule has 0 atom stereocenters. The minimum atomic E-state index is -0.531. The van der Waals surface area contributed by atoms with E-state index in [0.29, 0.717) is 22.8 Å². The maximum absolute atomic E-state index is 12.9. The summed E-state index contributed by atoms with van der Waals surface area (Å²) in [5.74, 6) is -0.667. The van der Waals surface area contributed by atoms with E-state index in [2.05, 4.69) is 17.2 Å². The van der Waals surface area contributed by atoms with Gasteiger partial charge in [0.15, 0.2) is 6.61 Å². The highest BCUT2D eigenvalue weighted by Gasteiger charge is 2.21. The van der Waals surface area contributed by atoms with Gasteiger partial charge in [-0.25, -0.2) is 9.78 Å². The topological polar surface area (TPSA) is 81.2 Å². The summed E-state index contributed by atoms with van der Waals surface area (Å²) in [4.78, 5) is 33.8. The fourth-order valence-corrected chi connectivity index (χ4v) is 3.30. The maximum atomic E-state index is 12.9. The smallest absolute Gasteiger partial charge is 0.339 e. The molecule has 0 bridgehead atoms. The van der Waals surface area contributed by atoms with Crippen molar-refractivity contribution < 1.29 is 14.3 Å². The third-order valence-corrected chi connectivity index (χ3v) is 4.68. The first kappa shape index (κ1) is 20.7. The standard InChI is InChI=1S/C22H22ClN3O3/c1-3-7-17-15(4-2)21(16-8-5-6-9-18(16)25-17)22(28)29-13-20(27)26-19-11-10-14(23)12-24-19/h5-6,8-12H,3-4,7,13H2,1-2H3,(H,24,26,27). The summed E-state index contributed by atoms with van der Waals surface area (Å²) in [6.07, 6.45) is 3.77. The highest BCUT2D eigenvalue weighted by Crippen LogP contribution is 2.26. The number of rotatable bonds is 7. The molecule has 7 heteroatoms. The summed E-state index contributed by atoms with van der Waals surface area (Å²) in [7, 11) is 0. The Balaban J connectivity index is 1.82. The highest BCUT2D eigenvalue weighted by molar-refractivity contribution is 6.30. The number of hydrogen-bond acceptors (Lipinski definition) is 5. The number of aromatic nitrogens is 2. The zero-order valence-electron chi connectivity index (χ0n) is 16.4. The number of pyridine rings is 2. The minimum Gasteiger partial charge on any atom is -0.452 e. The molecule has 0 unspecified atom stereocenters. The van der Waals surface area contributed by atoms with Crippen molar-refractivity contribution in [1.29, 1.82) is 0 Å². The Hall–Kier alpha value is -2.99. The second-order valence-corrected chi connectivity index (χ2v) is 6.96. The molecule has 3 rings (SSSR count). The summed E-state index contributed by atoms with van der Waals surface area (Å²) in [5, 5.41) is 3.77. The van der Waals surface area contributed by atoms with E-state index >= 15 is 0 Å². The number of ether oxygens (including phenoxy) is 1. The number of carbonyl (C=O) groups is 2. The molecule has 2 heterocycles. The fraction of sp³-hybridized carbons (Fsp3) is 0.273. The summed E-state index contributed by atoms with van der Waals surface area (Å²) in [6.45, 7) is 3.65. The van der Waals surface area contributed by atoms with Crippen LogP contribution in [0.5, 0.6) is 0 Å². The van der Waals surface area contributed by atoms with Crippen molar-refractivity contribution in [2.24, 2.45) is 0 Å². The van der Waals surface area contributed by atoms with E-state index in [0.717, 1.165) is 35.0 Å². The fourth-order valence-electron chi connectivity index (χ4n) is 3.19. The molecule has 3 aromatic rings. The predicted molar refractivity (Wildman–Crippen MR) is 113 cm³/mol. The second kappa shape index (κ2) is 9.47. The monoisotopic (exact) mass is 411 g/mol. The van der Waals surface area contributed by atoms with Gasteiger partial charge in [-0.15, -0.1) is 0 Å². The van der Waals surface area contributed by atoms with Gasteiger partial charge in [0, 0.05) is 17.3 Å². The number of nitrogens with one attached hydrogen (secondary N) is 1. The van der Waals surface area contributed by atoms with Gasteiger partial charge in [-0.2, -0.15) is 0 Å². The number of benzene rings is 1. The van der Waals surface area contributed by atoms with Crippen molar-refractivity contribution in [2.75, 3.05) is 11.9 Å². The highest BCUT2D eigenvalue weighted by atomic mass is 35.5. The molecule has 0 radical (unpaired) electrons. The Kier molecular flexibility index (Phi) is 6.77. The Morgan fingerprint density at radius 1 is 1.14 bits per heavy atom. The first-order valence-electron chi connectivity index (χ1n) is 9.52. The molecule has 0 aliphatic carbocycles. The lowest BCUT2D eigenvalue weighted by Gasteiger charge is -2.15. The number of anilines is 1. The predicted octanol–water partition coefficient (Wildman–Crippen LogP) is 4.59. The molecule has 0 fully saturated rings. The van der Waals surface area contributed by atoms with Crippen LogP contribution in [-0.4, -0.2) is 28.5 Å². The van der Waals surface area contributed by atoms with Crippen LogP contribution in [0.4, 0.5) is 5.82 Å². The minimum absolute atomic E-state index is 0.337. The average molecular weight is 412 g/mol. The summed E-state index contributed by atoms with van der Waals surface area (Å²) in [5.41, 5.74) is 3.00. The largest absolute Gasteiger partial charge is 0.452 e. The van der Waals surface area contributed by atoms with Gasteiger partial charge in [-0.1, -0.05) is 50.1 Å². The van der Waals surface area contributed by atoms with E-state index in [4.69, 9.17) is 21.3 Å². The zero-order valence-corrected chi connectivity index (χ0v) is 17.1. The zero-order chi connectivity index (χ0) is 20.8. The van der Waals surface area contributed by atoms with Crippen molar-refractivity contribution in [2.45, 2.75) is 33.1 Å². The molecule has 1 aromatic carbocycles. The molecule has 6 nitrogen and oxygen atoms in total. The maximum Gasteiger partial charge on any atom is 0.339 e. The van der Waals surface area contributed by atoms with Crippen LogP contribution in [0.3, 0.4) is 0 Å². The van der Waals surface area contributed by atoms with E-state index in [1.807, 2.05) is 31.2 Å². The van der Waals surface area contributed by atoms with E-state index < -0.39 is 18.5 Å². The van der Waals surface area contributed by atoms with Crippen LogP contribution in [0, 0.1) is 0 Å². The first-order valence-corrected chi connectivity index (χ1v) is 9.90. The van der Waals surface area contributed by atoms with Crippen LogP contribution in [0.25, 0.3) is 10.9 Å². The number of nitrogens with zero attached hydrogens (tertiary/aromatic N) is 2. The van der Waals surface area contributed by atoms with Gasteiger partial charge >= 0.3 is 5.97 Å². The molecular weight excluding hydrogens is 390 g/mol. The van der Waals surface area contributed by atoms with E-state index in [-0.39, 0.29) is 0 Å². The number of halogens is 1. The van der Waals surface area contributed by atoms with Crippen molar-refractivity contribution >= 4 is 40.2 Å². The van der Waals surface area contributed by atoms with Crippen molar-refractivity contribution in [3.63, 3.8) is 0 Å². The van der Waals surface area contributed by atoms with Crippen LogP contribution >= 0.6 is 11.6 Å². The number of esters is 1. The van der Waals surface area contributed by atoms with Gasteiger partial charge in [0.2, 0.25) is 0 Å². The van der Waals surface area contributed by atoms with Gasteiger partial charge in [-0.3, -0.25) is 9.78 Å². The van der Waals surface area contributed by atoms with Crippen molar-refractivity contribution in [3.8, 4) is 0 Å². The third kappa shape index (κ3) is 4.90. The number of hydrogen-bond donors (Lipinski definition) is 1. The molecule has 0 saturated carbocycles. The second-order valence-electron chi connectivity index (χ2n) is 6.52. The lowest BCUT2D eigenvalue weighted by molar-refractivity contribution is -0.119. The molecular formula is C22H22ClN3O3. The lowest BCUT2D eigenvalue weighted by atomic mass is 9.96. The molecule has 0 aliphatic heterocycles. The van der Waals surface area contributed by atoms with E-state index in [1.165, 1.54) is 6.20 Å². The quantitative estimate of drug-likeness (QED) is 0.575. The average Bonchev–Trinajstić information content (AvgIpc) is 2.73. The molecule has 2 aromatic heterocycles. The number of amides is 1. The first-order chi connectivity index (χ1) is 14.0. The van der Waals surface area contributed by atoms with Crippen LogP contribution < -0.4 is 5.32 Å². The van der Waals surface area contributed by atoms with Crippen LogP contribution in [0.2, 0.25) is 5.02 Å². The Morgan fingerprint density at radius 3 is 2.62 bits per heavy atom. The Morgan fingerprint density at radius 2 is 1.93 bits per heavy atom. The van der Waals surface area contributed by atoms with E-state index in [1.54, 1.807) is 12.1 Å².